The molecule has 0 amide bonds. The summed E-state index contributed by atoms with van der Waals surface area (Å²) >= 11 is 0. The maximum atomic E-state index is 11.8. The first-order chi connectivity index (χ1) is 11.0. The fraction of sp³-hybridized carbons (Fsp3) is 0.263. The predicted molar refractivity (Wildman–Crippen MR) is 91.5 cm³/mol. The lowest BCUT2D eigenvalue weighted by Gasteiger charge is -2.24. The first kappa shape index (κ1) is 16.7. The van der Waals surface area contributed by atoms with Crippen molar-refractivity contribution in [2.45, 2.75) is 26.4 Å². The van der Waals surface area contributed by atoms with Crippen molar-refractivity contribution in [2.24, 2.45) is 4.99 Å². The molecule has 0 aliphatic heterocycles. The molecule has 0 spiro atoms. The largest absolute Gasteiger partial charge is 0.476 e. The number of hydrogen-bond donors (Lipinski definition) is 0. The molecule has 0 bridgehead atoms. The van der Waals surface area contributed by atoms with Gasteiger partial charge >= 0.3 is 5.97 Å². The third-order valence-corrected chi connectivity index (χ3v) is 3.14. The van der Waals surface area contributed by atoms with Crippen LogP contribution in [0.25, 0.3) is 0 Å². The van der Waals surface area contributed by atoms with Gasteiger partial charge in [-0.2, -0.15) is 0 Å². The molecule has 0 radical (unpaired) electrons. The highest BCUT2D eigenvalue weighted by Gasteiger charge is 2.31. The predicted octanol–water partition coefficient (Wildman–Crippen LogP) is 4.16. The van der Waals surface area contributed by atoms with Crippen LogP contribution >= 0.6 is 0 Å². The number of hydrogen-bond acceptors (Lipinski definition) is 4. The third-order valence-electron chi connectivity index (χ3n) is 3.14. The molecule has 0 saturated carbocycles. The number of carbonyl (C=O) groups excluding carboxylic acids is 1. The summed E-state index contributed by atoms with van der Waals surface area (Å²) in [5.41, 5.74) is 0.835. The minimum atomic E-state index is -1.02. The molecule has 0 N–H and O–H groups in total. The highest BCUT2D eigenvalue weighted by atomic mass is 16.6. The van der Waals surface area contributed by atoms with Crippen LogP contribution in [0.2, 0.25) is 0 Å². The Morgan fingerprint density at radius 1 is 1.09 bits per heavy atom. The zero-order chi connectivity index (χ0) is 16.7. The molecule has 0 heterocycles. The number of esters is 1. The van der Waals surface area contributed by atoms with Crippen molar-refractivity contribution in [2.75, 3.05) is 6.61 Å². The van der Waals surface area contributed by atoms with Crippen LogP contribution in [0, 0.1) is 0 Å². The fourth-order valence-corrected chi connectivity index (χ4v) is 1.93. The number of rotatable bonds is 6. The molecule has 23 heavy (non-hydrogen) atoms. The van der Waals surface area contributed by atoms with Gasteiger partial charge in [0.2, 0.25) is 0 Å². The number of para-hydroxylation sites is 1. The standard InChI is InChI=1S/C19H21NO3/c1-4-22-18(21)19(2,3)23-17-12-10-15(11-13-17)14-20-16-8-6-5-7-9-16/h5-14H,4H2,1-3H3. The second-order valence-electron chi connectivity index (χ2n) is 5.50. The Morgan fingerprint density at radius 3 is 2.35 bits per heavy atom. The molecule has 0 saturated heterocycles. The van der Waals surface area contributed by atoms with Crippen molar-refractivity contribution in [3.05, 3.63) is 60.2 Å². The molecule has 0 atom stereocenters. The highest BCUT2D eigenvalue weighted by molar-refractivity contribution is 5.82. The summed E-state index contributed by atoms with van der Waals surface area (Å²) in [4.78, 5) is 16.2. The van der Waals surface area contributed by atoms with Gasteiger partial charge in [0.1, 0.15) is 5.75 Å². The first-order valence-electron chi connectivity index (χ1n) is 7.56. The van der Waals surface area contributed by atoms with Crippen LogP contribution in [0.15, 0.2) is 59.6 Å². The van der Waals surface area contributed by atoms with Gasteiger partial charge in [-0.25, -0.2) is 4.79 Å². The fourth-order valence-electron chi connectivity index (χ4n) is 1.93. The normalized spacial score (nSPS) is 11.4. The Balaban J connectivity index is 2.02. The summed E-state index contributed by atoms with van der Waals surface area (Å²) in [5, 5.41) is 0. The Labute approximate surface area is 136 Å². The van der Waals surface area contributed by atoms with E-state index in [4.69, 9.17) is 9.47 Å². The highest BCUT2D eigenvalue weighted by Crippen LogP contribution is 2.20. The van der Waals surface area contributed by atoms with Gasteiger partial charge in [-0.3, -0.25) is 4.99 Å². The molecular formula is C19H21NO3. The van der Waals surface area contributed by atoms with Crippen LogP contribution in [-0.2, 0) is 9.53 Å². The van der Waals surface area contributed by atoms with E-state index in [9.17, 15) is 4.79 Å². The average molecular weight is 311 g/mol. The summed E-state index contributed by atoms with van der Waals surface area (Å²) in [6.45, 7) is 5.49. The van der Waals surface area contributed by atoms with E-state index >= 15 is 0 Å². The molecule has 0 fully saturated rings. The third kappa shape index (κ3) is 4.95. The lowest BCUT2D eigenvalue weighted by atomic mass is 10.1. The van der Waals surface area contributed by atoms with Gasteiger partial charge in [-0.1, -0.05) is 18.2 Å². The van der Waals surface area contributed by atoms with Gasteiger partial charge < -0.3 is 9.47 Å². The van der Waals surface area contributed by atoms with Crippen LogP contribution in [0.1, 0.15) is 26.3 Å². The van der Waals surface area contributed by atoms with Gasteiger partial charge in [0.25, 0.3) is 0 Å². The lowest BCUT2D eigenvalue weighted by molar-refractivity contribution is -0.158. The molecule has 2 rings (SSSR count). The minimum Gasteiger partial charge on any atom is -0.476 e. The van der Waals surface area contributed by atoms with E-state index in [1.165, 1.54) is 0 Å². The zero-order valence-corrected chi connectivity index (χ0v) is 13.7. The molecular weight excluding hydrogens is 290 g/mol. The smallest absolute Gasteiger partial charge is 0.349 e. The Bertz CT molecular complexity index is 661. The van der Waals surface area contributed by atoms with Gasteiger partial charge in [0, 0.05) is 6.21 Å². The first-order valence-corrected chi connectivity index (χ1v) is 7.56. The van der Waals surface area contributed by atoms with E-state index in [-0.39, 0.29) is 5.97 Å². The molecule has 2 aromatic rings. The summed E-state index contributed by atoms with van der Waals surface area (Å²) in [6.07, 6.45) is 1.79. The van der Waals surface area contributed by atoms with Crippen molar-refractivity contribution in [3.8, 4) is 5.75 Å². The molecule has 4 nitrogen and oxygen atoms in total. The summed E-state index contributed by atoms with van der Waals surface area (Å²) < 4.78 is 10.7. The molecule has 2 aromatic carbocycles. The van der Waals surface area contributed by atoms with Crippen LogP contribution in [0.4, 0.5) is 5.69 Å². The summed E-state index contributed by atoms with van der Waals surface area (Å²) in [6, 6.07) is 17.1. The SMILES string of the molecule is CCOC(=O)C(C)(C)Oc1ccc(C=Nc2ccccc2)cc1. The average Bonchev–Trinajstić information content (AvgIpc) is 2.55. The maximum Gasteiger partial charge on any atom is 0.349 e. The van der Waals surface area contributed by atoms with E-state index in [0.29, 0.717) is 12.4 Å². The van der Waals surface area contributed by atoms with Crippen LogP contribution in [0.5, 0.6) is 5.75 Å². The Morgan fingerprint density at radius 2 is 1.74 bits per heavy atom. The zero-order valence-electron chi connectivity index (χ0n) is 13.7. The van der Waals surface area contributed by atoms with Crippen molar-refractivity contribution < 1.29 is 14.3 Å². The van der Waals surface area contributed by atoms with Gasteiger partial charge in [0.05, 0.1) is 12.3 Å². The van der Waals surface area contributed by atoms with Crippen molar-refractivity contribution in [1.82, 2.24) is 0 Å². The van der Waals surface area contributed by atoms with E-state index in [1.807, 2.05) is 54.6 Å². The molecule has 0 unspecified atom stereocenters. The molecule has 4 heteroatoms. The van der Waals surface area contributed by atoms with Crippen LogP contribution in [-0.4, -0.2) is 24.4 Å². The summed E-state index contributed by atoms with van der Waals surface area (Å²) in [5.74, 6) is 0.231. The van der Waals surface area contributed by atoms with Crippen LogP contribution < -0.4 is 4.74 Å². The number of ether oxygens (including phenoxy) is 2. The van der Waals surface area contributed by atoms with E-state index in [2.05, 4.69) is 4.99 Å². The van der Waals surface area contributed by atoms with E-state index in [1.54, 1.807) is 27.0 Å². The Kier molecular flexibility index (Phi) is 5.52. The van der Waals surface area contributed by atoms with Crippen molar-refractivity contribution >= 4 is 17.9 Å². The number of carbonyl (C=O) groups is 1. The number of benzene rings is 2. The van der Waals surface area contributed by atoms with Gasteiger partial charge in [0.15, 0.2) is 5.60 Å². The van der Waals surface area contributed by atoms with E-state index in [0.717, 1.165) is 11.3 Å². The molecule has 0 aliphatic carbocycles. The van der Waals surface area contributed by atoms with Crippen molar-refractivity contribution in [3.63, 3.8) is 0 Å². The quantitative estimate of drug-likeness (QED) is 0.594. The lowest BCUT2D eigenvalue weighted by Crippen LogP contribution is -2.39. The van der Waals surface area contributed by atoms with E-state index < -0.39 is 5.60 Å². The second kappa shape index (κ2) is 7.58. The molecule has 0 aliphatic rings. The molecule has 0 aromatic heterocycles. The summed E-state index contributed by atoms with van der Waals surface area (Å²) in [7, 11) is 0. The maximum absolute atomic E-state index is 11.8. The molecule has 120 valence electrons. The number of nitrogens with zero attached hydrogens (tertiary/aromatic N) is 1. The van der Waals surface area contributed by atoms with Gasteiger partial charge in [-0.05, 0) is 62.7 Å². The second-order valence-corrected chi connectivity index (χ2v) is 5.50. The van der Waals surface area contributed by atoms with Crippen LogP contribution in [0.3, 0.4) is 0 Å². The van der Waals surface area contributed by atoms with Gasteiger partial charge in [-0.15, -0.1) is 0 Å². The topological polar surface area (TPSA) is 47.9 Å². The number of aliphatic imine (C=N–C) groups is 1. The Hall–Kier alpha value is -2.62. The monoisotopic (exact) mass is 311 g/mol. The van der Waals surface area contributed by atoms with Crippen molar-refractivity contribution in [1.29, 1.82) is 0 Å². The minimum absolute atomic E-state index is 0.334.